The first kappa shape index (κ1) is 95.4. The van der Waals surface area contributed by atoms with Crippen molar-refractivity contribution in [3.05, 3.63) is 143 Å². The fraction of sp³-hybridized carbons (Fsp3) is 0.461. The zero-order chi connectivity index (χ0) is 85.7. The number of halogens is 1. The summed E-state index contributed by atoms with van der Waals surface area (Å²) in [4.78, 5) is 211. The number of carbonyl (C=O) groups is 15. The molecule has 0 bridgehead atoms. The smallest absolute Gasteiger partial charge is 0.327 e. The average Bonchev–Trinajstić information content (AvgIpc) is 1.74. The van der Waals surface area contributed by atoms with Crippen molar-refractivity contribution in [2.75, 3.05) is 37.7 Å². The van der Waals surface area contributed by atoms with Crippen molar-refractivity contribution in [3.8, 4) is 0 Å². The predicted molar refractivity (Wildman–Crippen MR) is 428 cm³/mol. The predicted octanol–water partition coefficient (Wildman–Crippen LogP) is -5.31. The summed E-state index contributed by atoms with van der Waals surface area (Å²) in [7, 11) is 0. The van der Waals surface area contributed by atoms with E-state index in [4.69, 9.17) is 22.9 Å². The Morgan fingerprint density at radius 1 is 0.440 bits per heavy atom. The molecule has 4 aromatic carbocycles. The molecule has 0 saturated carbocycles. The number of thiol groups is 2. The maximum Gasteiger partial charge on any atom is 0.327 e. The van der Waals surface area contributed by atoms with E-state index in [0.29, 0.717) is 34.1 Å². The van der Waals surface area contributed by atoms with Gasteiger partial charge in [0.15, 0.2) is 0 Å². The van der Waals surface area contributed by atoms with Crippen molar-refractivity contribution in [1.29, 1.82) is 0 Å². The second-order valence-electron chi connectivity index (χ2n) is 27.5. The molecule has 116 heavy (non-hydrogen) atoms. The van der Waals surface area contributed by atoms with Gasteiger partial charge in [0.25, 0.3) is 0 Å². The van der Waals surface area contributed by atoms with E-state index in [1.807, 2.05) is 0 Å². The third kappa shape index (κ3) is 31.6. The molecule has 0 fully saturated rings. The van der Waals surface area contributed by atoms with Crippen LogP contribution in [0.1, 0.15) is 88.0 Å². The SMILES string of the molecule is CC(N)C(=O)NCC(=O)N[C@@H](CS)C(=O)N[C@@H](CCCCN)C(=O)N[C@@H](CC(N)=O)C(=O)N[C@@H](Cc1ccccc1)C(=O)N[C@@H](Cc1ccccc1)C(=O)NC(Cc1c[nH]c2cc(F)ccc12)C(=O)N[C@@H](CCCCN)C(=O)N[C@H](C(=O)N[C@@H](Cc1ccccc1)C(=O)N[C@H](C(=O)N[C@@H](CO)C(=O)N[C@@H](CS)C(=O)O)C(C)O)C(C)O. The number of carbonyl (C=O) groups excluding carboxylic acids is 14. The van der Waals surface area contributed by atoms with Gasteiger partial charge < -0.3 is 117 Å². The van der Waals surface area contributed by atoms with Gasteiger partial charge in [-0.25, -0.2) is 9.18 Å². The van der Waals surface area contributed by atoms with Gasteiger partial charge in [0.05, 0.1) is 37.8 Å². The topological polar surface area (TPSA) is 613 Å². The number of carboxylic acids is 1. The van der Waals surface area contributed by atoms with E-state index in [1.165, 1.54) is 25.3 Å². The molecule has 632 valence electrons. The maximum atomic E-state index is 15.4. The number of nitrogens with two attached hydrogens (primary N) is 4. The van der Waals surface area contributed by atoms with Crippen LogP contribution in [-0.4, -0.2) is 243 Å². The number of unbranched alkanes of at least 4 members (excludes halogenated alkanes) is 2. The molecule has 0 aliphatic rings. The minimum atomic E-state index is -1.94. The lowest BCUT2D eigenvalue weighted by molar-refractivity contribution is -0.142. The summed E-state index contributed by atoms with van der Waals surface area (Å²) in [6, 6.07) is 6.98. The lowest BCUT2D eigenvalue weighted by Crippen LogP contribution is -2.63. The van der Waals surface area contributed by atoms with Crippen LogP contribution < -0.4 is 92.1 Å². The highest BCUT2D eigenvalue weighted by Gasteiger charge is 2.39. The Kier molecular flexibility index (Phi) is 40.3. The van der Waals surface area contributed by atoms with Gasteiger partial charge in [-0.1, -0.05) is 91.0 Å². The van der Waals surface area contributed by atoms with Gasteiger partial charge in [0, 0.05) is 54.3 Å². The summed E-state index contributed by atoms with van der Waals surface area (Å²) < 4.78 is 14.7. The van der Waals surface area contributed by atoms with Crippen LogP contribution in [0.25, 0.3) is 10.9 Å². The van der Waals surface area contributed by atoms with Crippen LogP contribution in [-0.2, 0) is 97.6 Å². The van der Waals surface area contributed by atoms with Crippen LogP contribution in [0.2, 0.25) is 0 Å². The third-order valence-corrected chi connectivity index (χ3v) is 18.9. The minimum Gasteiger partial charge on any atom is -0.480 e. The number of carboxylic acid groups (broad SMARTS) is 1. The number of nitrogens with one attached hydrogen (secondary N) is 14. The summed E-state index contributed by atoms with van der Waals surface area (Å²) >= 11 is 8.08. The number of aliphatic carboxylic acids is 1. The van der Waals surface area contributed by atoms with E-state index in [0.717, 1.165) is 19.9 Å². The molecule has 0 saturated heterocycles. The molecule has 15 atom stereocenters. The standard InChI is InChI=1S/C76H105FN18O19S2/c1-40(80)64(101)83-36-61(100)84-58(38-115)73(110)86-49(23-13-15-27-78)65(102)90-56(34-60(81)99)70(107)88-52(29-43-17-7-4-8-18-43)67(104)87-53(30-44-19-9-5-10-20-44)68(105)89-55(32-46-35-82-51-33-47(77)25-26-48(46)51)69(106)85-50(24-14-16-28-79)66(103)94-62(41(2)97)74(111)91-54(31-45-21-11-6-12-22-45)71(108)95-63(42(3)98)75(112)92-57(37-96)72(109)93-59(39-116)76(113)114/h4-12,17-22,25-26,33,35,40-42,49-50,52-59,62-63,82,96-98,115-116H,13-16,23-24,27-32,34,36-39,78-80H2,1-3H3,(H2,81,99)(H,83,101)(H,84,100)(H,85,106)(H,86,110)(H,87,104)(H,88,107)(H,89,105)(H,90,102)(H,91,111)(H,92,112)(H,93,109)(H,94,103)(H,95,108)(H,113,114)/t40?,41?,42?,49-,50-,52-,53-,54-,55?,56-,57-,58-,59-,62-,63-/m0/s1. The molecule has 5 rings (SSSR count). The lowest BCUT2D eigenvalue weighted by Gasteiger charge is -2.29. The highest BCUT2D eigenvalue weighted by atomic mass is 32.1. The lowest BCUT2D eigenvalue weighted by atomic mass is 10.00. The Morgan fingerprint density at radius 3 is 1.21 bits per heavy atom. The van der Waals surface area contributed by atoms with E-state index in [-0.39, 0.29) is 81.5 Å². The van der Waals surface area contributed by atoms with Crippen molar-refractivity contribution in [2.24, 2.45) is 22.9 Å². The molecule has 26 N–H and O–H groups in total. The first-order valence-electron chi connectivity index (χ1n) is 37.3. The molecular weight excluding hydrogens is 1550 g/mol. The molecule has 37 nitrogen and oxygen atoms in total. The summed E-state index contributed by atoms with van der Waals surface area (Å²) in [6.45, 7) is 2.24. The number of hydrogen-bond donors (Lipinski definition) is 24. The summed E-state index contributed by atoms with van der Waals surface area (Å²) in [5, 5.41) is 73.8. The van der Waals surface area contributed by atoms with Crippen molar-refractivity contribution in [1.82, 2.24) is 74.1 Å². The Bertz CT molecular complexity index is 4160. The number of amides is 14. The molecule has 5 aromatic rings. The number of rotatable bonds is 50. The first-order valence-corrected chi connectivity index (χ1v) is 38.6. The fourth-order valence-corrected chi connectivity index (χ4v) is 12.3. The van der Waals surface area contributed by atoms with Crippen molar-refractivity contribution < 1.29 is 96.7 Å². The van der Waals surface area contributed by atoms with Crippen LogP contribution in [0.5, 0.6) is 0 Å². The number of hydrogen-bond acceptors (Lipinski definition) is 23. The second kappa shape index (κ2) is 48.9. The van der Waals surface area contributed by atoms with Crippen molar-refractivity contribution in [3.63, 3.8) is 0 Å². The Hall–Kier alpha value is -11.1. The van der Waals surface area contributed by atoms with Crippen molar-refractivity contribution >= 4 is 125 Å². The molecule has 0 spiro atoms. The summed E-state index contributed by atoms with van der Waals surface area (Å²) in [5.41, 5.74) is 24.8. The first-order chi connectivity index (χ1) is 55.2. The monoisotopic (exact) mass is 1660 g/mol. The number of aliphatic hydroxyl groups excluding tert-OH is 3. The van der Waals surface area contributed by atoms with E-state index < -0.39 is 211 Å². The summed E-state index contributed by atoms with van der Waals surface area (Å²) in [5.74, 6) is -17.4. The third-order valence-electron chi connectivity index (χ3n) is 18.1. The number of benzene rings is 4. The van der Waals surface area contributed by atoms with E-state index in [2.05, 4.69) is 99.4 Å². The van der Waals surface area contributed by atoms with Gasteiger partial charge in [-0.05, 0) is 113 Å². The minimum absolute atomic E-state index is 0.0911. The molecule has 4 unspecified atom stereocenters. The normalized spacial score (nSPS) is 15.0. The van der Waals surface area contributed by atoms with Crippen LogP contribution >= 0.6 is 25.3 Å². The summed E-state index contributed by atoms with van der Waals surface area (Å²) in [6.07, 6.45) is -3.57. The molecule has 1 heterocycles. The Labute approximate surface area is 678 Å². The van der Waals surface area contributed by atoms with Crippen LogP contribution in [0.4, 0.5) is 4.39 Å². The molecule has 14 amide bonds. The highest BCUT2D eigenvalue weighted by molar-refractivity contribution is 7.80. The van der Waals surface area contributed by atoms with Gasteiger partial charge in [0.1, 0.15) is 78.3 Å². The largest absolute Gasteiger partial charge is 0.480 e. The maximum absolute atomic E-state index is 15.4. The number of aromatic nitrogens is 1. The molecule has 0 radical (unpaired) electrons. The van der Waals surface area contributed by atoms with Gasteiger partial charge >= 0.3 is 5.97 Å². The molecule has 0 aliphatic carbocycles. The number of H-pyrrole nitrogens is 1. The quantitative estimate of drug-likeness (QED) is 0.0128. The zero-order valence-corrected chi connectivity index (χ0v) is 65.9. The van der Waals surface area contributed by atoms with E-state index in [9.17, 15) is 82.4 Å². The molecule has 1 aromatic heterocycles. The fourth-order valence-electron chi connectivity index (χ4n) is 11.8. The second-order valence-corrected chi connectivity index (χ2v) is 28.3. The average molecular weight is 1660 g/mol. The number of fused-ring (bicyclic) bond motifs is 1. The number of primary amides is 1. The van der Waals surface area contributed by atoms with E-state index >= 15 is 14.4 Å². The van der Waals surface area contributed by atoms with Gasteiger partial charge in [-0.3, -0.25) is 67.1 Å². The van der Waals surface area contributed by atoms with Crippen LogP contribution in [0.15, 0.2) is 115 Å². The molecule has 0 aliphatic heterocycles. The Morgan fingerprint density at radius 2 is 0.802 bits per heavy atom. The molecule has 40 heteroatoms. The zero-order valence-electron chi connectivity index (χ0n) is 64.1. The Balaban J connectivity index is 1.48. The van der Waals surface area contributed by atoms with Gasteiger partial charge in [0.2, 0.25) is 82.7 Å². The highest BCUT2D eigenvalue weighted by Crippen LogP contribution is 2.22. The van der Waals surface area contributed by atoms with Gasteiger partial charge in [-0.2, -0.15) is 25.3 Å². The number of aliphatic hydroxyl groups is 3. The van der Waals surface area contributed by atoms with Crippen LogP contribution in [0.3, 0.4) is 0 Å². The number of aromatic amines is 1. The van der Waals surface area contributed by atoms with Gasteiger partial charge in [-0.15, -0.1) is 0 Å². The van der Waals surface area contributed by atoms with Crippen molar-refractivity contribution in [2.45, 2.75) is 182 Å². The molecular formula is C76H105FN18O19S2. The van der Waals surface area contributed by atoms with Crippen LogP contribution in [0, 0.1) is 5.82 Å². The van der Waals surface area contributed by atoms with E-state index in [1.54, 1.807) is 91.0 Å².